The molecule has 1 atom stereocenters. The van der Waals surface area contributed by atoms with Crippen molar-refractivity contribution in [3.8, 4) is 0 Å². The van der Waals surface area contributed by atoms with E-state index in [-0.39, 0.29) is 26.9 Å². The largest absolute Gasteiger partial charge is 0.465 e. The lowest BCUT2D eigenvalue weighted by atomic mass is 9.87. The van der Waals surface area contributed by atoms with E-state index in [1.165, 1.54) is 25.3 Å². The number of fused-ring (bicyclic) bond motifs is 1. The minimum absolute atomic E-state index is 0.0494. The van der Waals surface area contributed by atoms with Gasteiger partial charge in [0.2, 0.25) is 0 Å². The molecule has 0 bridgehead atoms. The van der Waals surface area contributed by atoms with Crippen LogP contribution in [0, 0.1) is 0 Å². The Morgan fingerprint density at radius 3 is 2.53 bits per heavy atom. The summed E-state index contributed by atoms with van der Waals surface area (Å²) >= 11 is 11.9. The van der Waals surface area contributed by atoms with E-state index in [4.69, 9.17) is 32.8 Å². The van der Waals surface area contributed by atoms with Gasteiger partial charge in [0.05, 0.1) is 30.3 Å². The maximum Gasteiger partial charge on any atom is 0.435 e. The molecule has 0 aliphatic carbocycles. The Kier molecular flexibility index (Phi) is 4.94. The van der Waals surface area contributed by atoms with Crippen LogP contribution in [0.4, 0.5) is 13.2 Å². The minimum Gasteiger partial charge on any atom is -0.465 e. The third kappa shape index (κ3) is 3.20. The van der Waals surface area contributed by atoms with Crippen molar-refractivity contribution in [3.05, 3.63) is 75.5 Å². The van der Waals surface area contributed by atoms with Gasteiger partial charge in [0, 0.05) is 21.8 Å². The van der Waals surface area contributed by atoms with Crippen LogP contribution in [0.5, 0.6) is 0 Å². The van der Waals surface area contributed by atoms with Gasteiger partial charge in [0.25, 0.3) is 5.60 Å². The van der Waals surface area contributed by atoms with E-state index in [2.05, 4.69) is 5.16 Å². The average molecular weight is 457 g/mol. The Hall–Kier alpha value is -2.71. The molecule has 1 unspecified atom stereocenters. The van der Waals surface area contributed by atoms with Gasteiger partial charge in [-0.1, -0.05) is 28.4 Å². The second-order valence-electron chi connectivity index (χ2n) is 6.68. The highest BCUT2D eigenvalue weighted by molar-refractivity contribution is 6.34. The number of carbonyl (C=O) groups is 1. The molecule has 10 heteroatoms. The van der Waals surface area contributed by atoms with Gasteiger partial charge in [-0.15, -0.1) is 0 Å². The molecule has 5 nitrogen and oxygen atoms in total. The monoisotopic (exact) mass is 456 g/mol. The van der Waals surface area contributed by atoms with Crippen molar-refractivity contribution in [2.24, 2.45) is 5.16 Å². The predicted octanol–water partition coefficient (Wildman–Crippen LogP) is 5.61. The Morgan fingerprint density at radius 2 is 1.90 bits per heavy atom. The number of aromatic nitrogens is 1. The fourth-order valence-electron chi connectivity index (χ4n) is 3.48. The van der Waals surface area contributed by atoms with E-state index in [0.29, 0.717) is 11.2 Å². The normalized spacial score (nSPS) is 18.9. The van der Waals surface area contributed by atoms with Crippen LogP contribution >= 0.6 is 23.2 Å². The maximum absolute atomic E-state index is 14.2. The summed E-state index contributed by atoms with van der Waals surface area (Å²) in [4.78, 5) is 17.0. The number of hydrogen-bond donors (Lipinski definition) is 0. The number of ether oxygens (including phenoxy) is 1. The molecular weight excluding hydrogens is 444 g/mol. The molecule has 0 spiro atoms. The Labute approximate surface area is 178 Å². The first kappa shape index (κ1) is 20.6. The molecule has 0 saturated carbocycles. The van der Waals surface area contributed by atoms with Gasteiger partial charge in [-0.25, -0.2) is 4.79 Å². The maximum atomic E-state index is 14.2. The number of oxime groups is 1. The average Bonchev–Trinajstić information content (AvgIpc) is 3.33. The van der Waals surface area contributed by atoms with Gasteiger partial charge in [-0.2, -0.15) is 13.2 Å². The minimum atomic E-state index is -4.80. The number of halogens is 5. The summed E-state index contributed by atoms with van der Waals surface area (Å²) in [7, 11) is 1.25. The molecule has 0 amide bonds. The summed E-state index contributed by atoms with van der Waals surface area (Å²) in [5, 5.41) is 3.86. The van der Waals surface area contributed by atoms with Crippen molar-refractivity contribution in [1.29, 1.82) is 0 Å². The van der Waals surface area contributed by atoms with Crippen LogP contribution < -0.4 is 0 Å². The van der Waals surface area contributed by atoms with E-state index < -0.39 is 24.2 Å². The number of methoxy groups -OCH3 is 1. The lowest BCUT2D eigenvalue weighted by Gasteiger charge is -2.29. The summed E-state index contributed by atoms with van der Waals surface area (Å²) in [5.74, 6) is -0.562. The van der Waals surface area contributed by atoms with Gasteiger partial charge >= 0.3 is 12.1 Å². The molecule has 156 valence electrons. The second-order valence-corrected chi connectivity index (χ2v) is 7.55. The van der Waals surface area contributed by atoms with Crippen LogP contribution in [0.15, 0.2) is 53.8 Å². The van der Waals surface area contributed by atoms with Crippen molar-refractivity contribution in [2.75, 3.05) is 7.11 Å². The Bertz CT molecular complexity index is 1170. The zero-order chi connectivity index (χ0) is 21.7. The van der Waals surface area contributed by atoms with E-state index in [0.717, 1.165) is 12.1 Å². The fraction of sp³-hybridized carbons (Fsp3) is 0.200. The van der Waals surface area contributed by atoms with Crippen molar-refractivity contribution >= 4 is 40.4 Å². The van der Waals surface area contributed by atoms with Gasteiger partial charge in [-0.05, 0) is 42.5 Å². The Balaban J connectivity index is 1.80. The summed E-state index contributed by atoms with van der Waals surface area (Å²) in [6.07, 6.45) is -3.78. The molecule has 0 N–H and O–H groups in total. The first-order valence-corrected chi connectivity index (χ1v) is 9.39. The molecule has 1 aliphatic rings. The van der Waals surface area contributed by atoms with Crippen molar-refractivity contribution in [2.45, 2.75) is 18.2 Å². The molecule has 0 radical (unpaired) electrons. The number of nitrogens with zero attached hydrogens (tertiary/aromatic N) is 2. The molecule has 0 saturated heterocycles. The molecule has 30 heavy (non-hydrogen) atoms. The van der Waals surface area contributed by atoms with Crippen molar-refractivity contribution < 1.29 is 27.5 Å². The first-order chi connectivity index (χ1) is 14.2. The molecule has 1 aliphatic heterocycles. The summed E-state index contributed by atoms with van der Waals surface area (Å²) in [6.45, 7) is 0. The zero-order valence-electron chi connectivity index (χ0n) is 15.3. The van der Waals surface area contributed by atoms with E-state index in [9.17, 15) is 18.0 Å². The van der Waals surface area contributed by atoms with Crippen LogP contribution in [0.25, 0.3) is 5.52 Å². The summed E-state index contributed by atoms with van der Waals surface area (Å²) in [5.41, 5.74) is -1.84. The molecule has 4 rings (SSSR count). The number of esters is 1. The first-order valence-electron chi connectivity index (χ1n) is 8.63. The number of alkyl halides is 3. The van der Waals surface area contributed by atoms with Crippen molar-refractivity contribution in [1.82, 2.24) is 4.40 Å². The zero-order valence-corrected chi connectivity index (χ0v) is 16.8. The predicted molar refractivity (Wildman–Crippen MR) is 105 cm³/mol. The van der Waals surface area contributed by atoms with Crippen LogP contribution in [0.3, 0.4) is 0 Å². The lowest BCUT2D eigenvalue weighted by Crippen LogP contribution is -2.42. The van der Waals surface area contributed by atoms with E-state index in [1.807, 2.05) is 0 Å². The SMILES string of the molecule is COC(=O)c1ccc(C2=NOC(c3cc(Cl)cc(Cl)c3)(C(F)(F)F)C2)n2cccc12. The van der Waals surface area contributed by atoms with Gasteiger partial charge in [0.1, 0.15) is 5.71 Å². The van der Waals surface area contributed by atoms with E-state index >= 15 is 0 Å². The fourth-order valence-corrected chi connectivity index (χ4v) is 4.01. The topological polar surface area (TPSA) is 52.3 Å². The smallest absolute Gasteiger partial charge is 0.435 e. The Morgan fingerprint density at radius 1 is 1.20 bits per heavy atom. The molecular formula is C20H13Cl2F3N2O3. The lowest BCUT2D eigenvalue weighted by molar-refractivity contribution is -0.275. The number of benzene rings is 1. The van der Waals surface area contributed by atoms with Gasteiger partial charge < -0.3 is 14.0 Å². The molecule has 3 heterocycles. The third-order valence-electron chi connectivity index (χ3n) is 4.91. The van der Waals surface area contributed by atoms with E-state index in [1.54, 1.807) is 22.7 Å². The number of carbonyl (C=O) groups excluding carboxylic acids is 1. The summed E-state index contributed by atoms with van der Waals surface area (Å²) < 4.78 is 48.8. The second kappa shape index (κ2) is 7.21. The molecule has 3 aromatic rings. The number of pyridine rings is 1. The highest BCUT2D eigenvalue weighted by Crippen LogP contribution is 2.49. The van der Waals surface area contributed by atoms with Gasteiger partial charge in [0.15, 0.2) is 0 Å². The number of hydrogen-bond acceptors (Lipinski definition) is 4. The number of rotatable bonds is 3. The van der Waals surface area contributed by atoms with Gasteiger partial charge in [-0.3, -0.25) is 0 Å². The van der Waals surface area contributed by atoms with Crippen LogP contribution in [-0.4, -0.2) is 29.4 Å². The molecule has 2 aromatic heterocycles. The highest BCUT2D eigenvalue weighted by Gasteiger charge is 2.62. The van der Waals surface area contributed by atoms with Crippen LogP contribution in [0.1, 0.15) is 28.0 Å². The van der Waals surface area contributed by atoms with Crippen LogP contribution in [0.2, 0.25) is 10.0 Å². The van der Waals surface area contributed by atoms with Crippen molar-refractivity contribution in [3.63, 3.8) is 0 Å². The molecule has 0 fully saturated rings. The highest BCUT2D eigenvalue weighted by atomic mass is 35.5. The standard InChI is InChI=1S/C20H13Cl2F3N2O3/c1-29-18(28)14-4-5-17(27-6-2-3-16(14)27)15-10-19(30-26-15,20(23,24)25)11-7-12(21)9-13(22)8-11/h2-9H,10H2,1H3. The molecule has 1 aromatic carbocycles. The van der Waals surface area contributed by atoms with Crippen LogP contribution in [-0.2, 0) is 15.2 Å². The third-order valence-corrected chi connectivity index (χ3v) is 5.34. The quantitative estimate of drug-likeness (QED) is 0.481. The summed E-state index contributed by atoms with van der Waals surface area (Å²) in [6, 6.07) is 9.94.